The van der Waals surface area contributed by atoms with E-state index in [4.69, 9.17) is 0 Å². The standard InChI is InChI=1S/C10H14O2/c1-2-10(11,12)8-9-6-4-3-5-7-9/h3-7,11-12H,2,8H2,1H3. The average molecular weight is 166 g/mol. The Kier molecular flexibility index (Phi) is 2.84. The minimum atomic E-state index is -1.55. The largest absolute Gasteiger partial charge is 0.365 e. The van der Waals surface area contributed by atoms with E-state index in [1.807, 2.05) is 30.3 Å². The van der Waals surface area contributed by atoms with Crippen LogP contribution < -0.4 is 0 Å². The Balaban J connectivity index is 2.64. The van der Waals surface area contributed by atoms with Crippen LogP contribution in [0.2, 0.25) is 0 Å². The van der Waals surface area contributed by atoms with Gasteiger partial charge >= 0.3 is 0 Å². The second-order valence-corrected chi connectivity index (χ2v) is 3.00. The van der Waals surface area contributed by atoms with E-state index in [0.29, 0.717) is 12.8 Å². The molecule has 2 heteroatoms. The Hall–Kier alpha value is -0.860. The van der Waals surface area contributed by atoms with Crippen LogP contribution in [0.3, 0.4) is 0 Å². The third-order valence-corrected chi connectivity index (χ3v) is 1.90. The zero-order chi connectivity index (χ0) is 9.03. The van der Waals surface area contributed by atoms with Crippen LogP contribution in [0.25, 0.3) is 0 Å². The highest BCUT2D eigenvalue weighted by Crippen LogP contribution is 2.13. The highest BCUT2D eigenvalue weighted by molar-refractivity contribution is 5.15. The van der Waals surface area contributed by atoms with Crippen molar-refractivity contribution in [3.63, 3.8) is 0 Å². The first-order valence-electron chi connectivity index (χ1n) is 4.13. The second-order valence-electron chi connectivity index (χ2n) is 3.00. The van der Waals surface area contributed by atoms with Crippen LogP contribution >= 0.6 is 0 Å². The van der Waals surface area contributed by atoms with E-state index in [9.17, 15) is 10.2 Å². The summed E-state index contributed by atoms with van der Waals surface area (Å²) in [6.07, 6.45) is 0.645. The summed E-state index contributed by atoms with van der Waals surface area (Å²) in [6.45, 7) is 1.75. The zero-order valence-corrected chi connectivity index (χ0v) is 7.20. The van der Waals surface area contributed by atoms with Gasteiger partial charge in [0.25, 0.3) is 0 Å². The molecule has 0 aliphatic rings. The van der Waals surface area contributed by atoms with E-state index in [2.05, 4.69) is 0 Å². The number of benzene rings is 1. The predicted molar refractivity (Wildman–Crippen MR) is 47.6 cm³/mol. The lowest BCUT2D eigenvalue weighted by Crippen LogP contribution is -2.29. The zero-order valence-electron chi connectivity index (χ0n) is 7.20. The van der Waals surface area contributed by atoms with Crippen LogP contribution in [0.15, 0.2) is 30.3 Å². The number of aliphatic hydroxyl groups is 2. The van der Waals surface area contributed by atoms with Gasteiger partial charge in [0, 0.05) is 6.42 Å². The van der Waals surface area contributed by atoms with Gasteiger partial charge in [-0.1, -0.05) is 37.3 Å². The summed E-state index contributed by atoms with van der Waals surface area (Å²) in [4.78, 5) is 0. The molecule has 66 valence electrons. The summed E-state index contributed by atoms with van der Waals surface area (Å²) in [5, 5.41) is 18.7. The van der Waals surface area contributed by atoms with Crippen molar-refractivity contribution in [1.82, 2.24) is 0 Å². The Labute approximate surface area is 72.5 Å². The Morgan fingerprint density at radius 2 is 1.75 bits per heavy atom. The van der Waals surface area contributed by atoms with Crippen molar-refractivity contribution < 1.29 is 10.2 Å². The van der Waals surface area contributed by atoms with Gasteiger partial charge in [0.05, 0.1) is 0 Å². The summed E-state index contributed by atoms with van der Waals surface area (Å²) in [6, 6.07) is 9.46. The molecule has 0 aliphatic carbocycles. The van der Waals surface area contributed by atoms with E-state index in [0.717, 1.165) is 5.56 Å². The lowest BCUT2D eigenvalue weighted by molar-refractivity contribution is -0.160. The van der Waals surface area contributed by atoms with Crippen LogP contribution in [0.4, 0.5) is 0 Å². The average Bonchev–Trinajstić information content (AvgIpc) is 2.06. The van der Waals surface area contributed by atoms with Gasteiger partial charge in [-0.05, 0) is 12.0 Å². The summed E-state index contributed by atoms with van der Waals surface area (Å²) in [7, 11) is 0. The van der Waals surface area contributed by atoms with Crippen LogP contribution in [-0.2, 0) is 6.42 Å². The maximum atomic E-state index is 9.33. The molecule has 0 saturated carbocycles. The fourth-order valence-corrected chi connectivity index (χ4v) is 1.05. The summed E-state index contributed by atoms with van der Waals surface area (Å²) < 4.78 is 0. The van der Waals surface area contributed by atoms with Crippen molar-refractivity contribution in [3.8, 4) is 0 Å². The minimum absolute atomic E-state index is 0.296. The van der Waals surface area contributed by atoms with Crippen molar-refractivity contribution in [2.24, 2.45) is 0 Å². The molecule has 0 atom stereocenters. The molecule has 0 bridgehead atoms. The van der Waals surface area contributed by atoms with Crippen LogP contribution in [0, 0.1) is 0 Å². The molecule has 0 aromatic heterocycles. The van der Waals surface area contributed by atoms with Crippen molar-refractivity contribution in [2.45, 2.75) is 25.6 Å². The molecule has 0 radical (unpaired) electrons. The van der Waals surface area contributed by atoms with E-state index in [-0.39, 0.29) is 0 Å². The van der Waals surface area contributed by atoms with Gasteiger partial charge in [-0.15, -0.1) is 0 Å². The smallest absolute Gasteiger partial charge is 0.166 e. The first-order chi connectivity index (χ1) is 5.64. The highest BCUT2D eigenvalue weighted by Gasteiger charge is 2.19. The predicted octanol–water partition coefficient (Wildman–Crippen LogP) is 1.32. The summed E-state index contributed by atoms with van der Waals surface area (Å²) in [5.41, 5.74) is 0.948. The van der Waals surface area contributed by atoms with Gasteiger partial charge in [-0.3, -0.25) is 0 Å². The van der Waals surface area contributed by atoms with E-state index < -0.39 is 5.79 Å². The third-order valence-electron chi connectivity index (χ3n) is 1.90. The molecule has 1 rings (SSSR count). The normalized spacial score (nSPS) is 11.6. The van der Waals surface area contributed by atoms with Crippen molar-refractivity contribution in [3.05, 3.63) is 35.9 Å². The second kappa shape index (κ2) is 3.70. The maximum Gasteiger partial charge on any atom is 0.166 e. The number of hydrogen-bond acceptors (Lipinski definition) is 2. The topological polar surface area (TPSA) is 40.5 Å². The van der Waals surface area contributed by atoms with Crippen LogP contribution in [-0.4, -0.2) is 16.0 Å². The third kappa shape index (κ3) is 2.64. The van der Waals surface area contributed by atoms with Gasteiger partial charge < -0.3 is 10.2 Å². The van der Waals surface area contributed by atoms with Crippen molar-refractivity contribution in [2.75, 3.05) is 0 Å². The number of hydrogen-bond donors (Lipinski definition) is 2. The Bertz CT molecular complexity index is 229. The number of rotatable bonds is 3. The molecule has 0 amide bonds. The first kappa shape index (κ1) is 9.23. The lowest BCUT2D eigenvalue weighted by Gasteiger charge is -2.19. The Morgan fingerprint density at radius 1 is 1.17 bits per heavy atom. The van der Waals surface area contributed by atoms with Gasteiger partial charge in [0.1, 0.15) is 0 Å². The SMILES string of the molecule is CCC(O)(O)Cc1ccccc1. The monoisotopic (exact) mass is 166 g/mol. The molecule has 0 unspecified atom stereocenters. The molecule has 1 aromatic carbocycles. The fourth-order valence-electron chi connectivity index (χ4n) is 1.05. The van der Waals surface area contributed by atoms with Crippen molar-refractivity contribution >= 4 is 0 Å². The van der Waals surface area contributed by atoms with Crippen LogP contribution in [0.1, 0.15) is 18.9 Å². The molecule has 0 fully saturated rings. The molecule has 2 N–H and O–H groups in total. The fraction of sp³-hybridized carbons (Fsp3) is 0.400. The lowest BCUT2D eigenvalue weighted by atomic mass is 10.0. The van der Waals surface area contributed by atoms with Crippen LogP contribution in [0.5, 0.6) is 0 Å². The highest BCUT2D eigenvalue weighted by atomic mass is 16.5. The molecule has 0 spiro atoms. The quantitative estimate of drug-likeness (QED) is 0.665. The molecule has 2 nitrogen and oxygen atoms in total. The molecule has 0 aliphatic heterocycles. The van der Waals surface area contributed by atoms with Gasteiger partial charge in [0.15, 0.2) is 5.79 Å². The minimum Gasteiger partial charge on any atom is -0.365 e. The molecular weight excluding hydrogens is 152 g/mol. The first-order valence-corrected chi connectivity index (χ1v) is 4.13. The van der Waals surface area contributed by atoms with E-state index in [1.165, 1.54) is 0 Å². The van der Waals surface area contributed by atoms with E-state index >= 15 is 0 Å². The van der Waals surface area contributed by atoms with Crippen molar-refractivity contribution in [1.29, 1.82) is 0 Å². The van der Waals surface area contributed by atoms with Gasteiger partial charge in [0.2, 0.25) is 0 Å². The summed E-state index contributed by atoms with van der Waals surface area (Å²) >= 11 is 0. The van der Waals surface area contributed by atoms with E-state index in [1.54, 1.807) is 6.92 Å². The molecule has 1 aromatic rings. The van der Waals surface area contributed by atoms with Gasteiger partial charge in [-0.25, -0.2) is 0 Å². The molecule has 0 saturated heterocycles. The molecular formula is C10H14O2. The summed E-state index contributed by atoms with van der Waals surface area (Å²) in [5.74, 6) is -1.55. The molecule has 12 heavy (non-hydrogen) atoms. The Morgan fingerprint density at radius 3 is 2.25 bits per heavy atom. The molecule has 0 heterocycles. The van der Waals surface area contributed by atoms with Gasteiger partial charge in [-0.2, -0.15) is 0 Å². The maximum absolute atomic E-state index is 9.33.